The highest BCUT2D eigenvalue weighted by Crippen LogP contribution is 2.15. The van der Waals surface area contributed by atoms with E-state index in [1.54, 1.807) is 23.6 Å². The van der Waals surface area contributed by atoms with Gasteiger partial charge in [0, 0.05) is 16.9 Å². The third-order valence-electron chi connectivity index (χ3n) is 1.79. The van der Waals surface area contributed by atoms with E-state index in [-0.39, 0.29) is 5.03 Å². The molecule has 2 aromatic rings. The molecule has 2 rings (SSSR count). The number of hydrogen-bond donors (Lipinski definition) is 0. The number of hydrogen-bond acceptors (Lipinski definition) is 4. The summed E-state index contributed by atoms with van der Waals surface area (Å²) in [6, 6.07) is 1.61. The lowest BCUT2D eigenvalue weighted by Gasteiger charge is -1.94. The van der Waals surface area contributed by atoms with E-state index in [1.807, 2.05) is 0 Å². The van der Waals surface area contributed by atoms with Crippen molar-refractivity contribution in [3.8, 4) is 0 Å². The third-order valence-corrected chi connectivity index (χ3v) is 2.97. The Morgan fingerprint density at radius 1 is 1.50 bits per heavy atom. The Hall–Kier alpha value is -1.14. The Balaban J connectivity index is 2.81. The standard InChI is InChI=1S/C7H6ClN3O2S/c1-5-9-3-2-6-10-7(4-11(5)6)14(8,12)13/h2-4H,1H3. The lowest BCUT2D eigenvalue weighted by atomic mass is 10.5. The Bertz CT molecular complexity index is 590. The summed E-state index contributed by atoms with van der Waals surface area (Å²) >= 11 is 0. The first-order valence-corrected chi connectivity index (χ1v) is 6.05. The molecule has 0 aromatic carbocycles. The van der Waals surface area contributed by atoms with E-state index in [0.717, 1.165) is 0 Å². The summed E-state index contributed by atoms with van der Waals surface area (Å²) < 4.78 is 23.5. The highest BCUT2D eigenvalue weighted by Gasteiger charge is 2.15. The molecule has 0 amide bonds. The summed E-state index contributed by atoms with van der Waals surface area (Å²) in [4.78, 5) is 7.84. The second kappa shape index (κ2) is 2.93. The Morgan fingerprint density at radius 2 is 2.21 bits per heavy atom. The number of halogens is 1. The van der Waals surface area contributed by atoms with Crippen LogP contribution in [0.4, 0.5) is 0 Å². The minimum absolute atomic E-state index is 0.157. The molecule has 0 saturated heterocycles. The van der Waals surface area contributed by atoms with Crippen LogP contribution in [0.1, 0.15) is 5.82 Å². The highest BCUT2D eigenvalue weighted by atomic mass is 35.7. The monoisotopic (exact) mass is 231 g/mol. The van der Waals surface area contributed by atoms with Crippen LogP contribution in [0, 0.1) is 6.92 Å². The van der Waals surface area contributed by atoms with E-state index in [9.17, 15) is 8.42 Å². The molecule has 0 bridgehead atoms. The van der Waals surface area contributed by atoms with Gasteiger partial charge in [0.05, 0.1) is 6.20 Å². The highest BCUT2D eigenvalue weighted by molar-refractivity contribution is 8.13. The zero-order valence-electron chi connectivity index (χ0n) is 7.18. The van der Waals surface area contributed by atoms with E-state index in [4.69, 9.17) is 10.7 Å². The minimum atomic E-state index is -3.77. The Labute approximate surface area is 84.8 Å². The maximum Gasteiger partial charge on any atom is 0.280 e. The first kappa shape index (κ1) is 9.42. The van der Waals surface area contributed by atoms with E-state index in [1.165, 1.54) is 6.20 Å². The van der Waals surface area contributed by atoms with Crippen LogP contribution in [0.5, 0.6) is 0 Å². The van der Waals surface area contributed by atoms with Gasteiger partial charge in [0.25, 0.3) is 9.05 Å². The molecule has 0 N–H and O–H groups in total. The summed E-state index contributed by atoms with van der Waals surface area (Å²) in [6.45, 7) is 1.75. The molecule has 0 spiro atoms. The van der Waals surface area contributed by atoms with Crippen LogP contribution in [0.25, 0.3) is 5.65 Å². The van der Waals surface area contributed by atoms with Crippen LogP contribution < -0.4 is 0 Å². The summed E-state index contributed by atoms with van der Waals surface area (Å²) in [5.41, 5.74) is 0.511. The van der Waals surface area contributed by atoms with Gasteiger partial charge in [-0.3, -0.25) is 4.40 Å². The molecule has 2 heterocycles. The van der Waals surface area contributed by atoms with E-state index in [2.05, 4.69) is 9.97 Å². The molecule has 0 aliphatic rings. The second-order valence-electron chi connectivity index (χ2n) is 2.74. The van der Waals surface area contributed by atoms with Crippen molar-refractivity contribution in [2.24, 2.45) is 0 Å². The largest absolute Gasteiger partial charge is 0.287 e. The quantitative estimate of drug-likeness (QED) is 0.686. The van der Waals surface area contributed by atoms with Gasteiger partial charge in [0.1, 0.15) is 11.5 Å². The van der Waals surface area contributed by atoms with Gasteiger partial charge >= 0.3 is 0 Å². The van der Waals surface area contributed by atoms with Gasteiger partial charge in [-0.1, -0.05) is 0 Å². The van der Waals surface area contributed by atoms with Gasteiger partial charge in [-0.05, 0) is 13.0 Å². The lowest BCUT2D eigenvalue weighted by molar-refractivity contribution is 0.607. The first-order valence-electron chi connectivity index (χ1n) is 3.74. The normalized spacial score (nSPS) is 12.1. The molecule has 74 valence electrons. The fraction of sp³-hybridized carbons (Fsp3) is 0.143. The molecule has 5 nitrogen and oxygen atoms in total. The molecule has 0 aliphatic carbocycles. The van der Waals surface area contributed by atoms with Gasteiger partial charge < -0.3 is 0 Å². The average Bonchev–Trinajstić information content (AvgIpc) is 2.48. The van der Waals surface area contributed by atoms with Crippen LogP contribution in [0.15, 0.2) is 23.5 Å². The van der Waals surface area contributed by atoms with Gasteiger partial charge in [-0.2, -0.15) is 0 Å². The number of imidazole rings is 1. The van der Waals surface area contributed by atoms with Crippen molar-refractivity contribution in [3.63, 3.8) is 0 Å². The zero-order chi connectivity index (χ0) is 10.3. The van der Waals surface area contributed by atoms with Crippen molar-refractivity contribution in [1.29, 1.82) is 0 Å². The van der Waals surface area contributed by atoms with Crippen LogP contribution in [-0.4, -0.2) is 22.8 Å². The predicted molar refractivity (Wildman–Crippen MR) is 50.8 cm³/mol. The van der Waals surface area contributed by atoms with Crippen molar-refractivity contribution in [1.82, 2.24) is 14.4 Å². The molecule has 7 heteroatoms. The molecule has 0 saturated carbocycles. The van der Waals surface area contributed by atoms with Crippen molar-refractivity contribution in [2.45, 2.75) is 11.9 Å². The Kier molecular flexibility index (Phi) is 1.97. The van der Waals surface area contributed by atoms with Crippen LogP contribution in [-0.2, 0) is 9.05 Å². The smallest absolute Gasteiger partial charge is 0.280 e. The van der Waals surface area contributed by atoms with Crippen molar-refractivity contribution in [2.75, 3.05) is 0 Å². The Morgan fingerprint density at radius 3 is 2.79 bits per heavy atom. The molecule has 0 radical (unpaired) electrons. The third kappa shape index (κ3) is 1.46. The van der Waals surface area contributed by atoms with Crippen LogP contribution in [0.2, 0.25) is 0 Å². The van der Waals surface area contributed by atoms with E-state index < -0.39 is 9.05 Å². The fourth-order valence-electron chi connectivity index (χ4n) is 1.14. The van der Waals surface area contributed by atoms with Gasteiger partial charge in [-0.15, -0.1) is 0 Å². The summed E-state index contributed by atoms with van der Waals surface area (Å²) in [5.74, 6) is 0.654. The van der Waals surface area contributed by atoms with Gasteiger partial charge in [0.15, 0.2) is 5.03 Å². The van der Waals surface area contributed by atoms with Crippen molar-refractivity contribution >= 4 is 25.4 Å². The number of fused-ring (bicyclic) bond motifs is 1. The molecule has 0 fully saturated rings. The van der Waals surface area contributed by atoms with Gasteiger partial charge in [0.2, 0.25) is 0 Å². The predicted octanol–water partition coefficient (Wildman–Crippen LogP) is 0.965. The maximum absolute atomic E-state index is 11.0. The van der Waals surface area contributed by atoms with Crippen LogP contribution >= 0.6 is 10.7 Å². The lowest BCUT2D eigenvalue weighted by Crippen LogP contribution is -1.91. The summed E-state index contributed by atoms with van der Waals surface area (Å²) in [6.07, 6.45) is 2.91. The number of aromatic nitrogens is 3. The first-order chi connectivity index (χ1) is 6.48. The number of rotatable bonds is 1. The maximum atomic E-state index is 11.0. The van der Waals surface area contributed by atoms with Crippen LogP contribution in [0.3, 0.4) is 0 Å². The minimum Gasteiger partial charge on any atom is -0.287 e. The van der Waals surface area contributed by atoms with E-state index in [0.29, 0.717) is 11.5 Å². The number of aryl methyl sites for hydroxylation is 1. The zero-order valence-corrected chi connectivity index (χ0v) is 8.75. The molecule has 2 aromatic heterocycles. The molecule has 0 unspecified atom stereocenters. The molecular weight excluding hydrogens is 226 g/mol. The molecular formula is C7H6ClN3O2S. The molecule has 0 aliphatic heterocycles. The van der Waals surface area contributed by atoms with Crippen molar-refractivity contribution < 1.29 is 8.42 Å². The molecule has 14 heavy (non-hydrogen) atoms. The summed E-state index contributed by atoms with van der Waals surface area (Å²) in [5, 5.41) is -0.157. The summed E-state index contributed by atoms with van der Waals surface area (Å²) in [7, 11) is 1.39. The van der Waals surface area contributed by atoms with Gasteiger partial charge in [-0.25, -0.2) is 18.4 Å². The van der Waals surface area contributed by atoms with Crippen molar-refractivity contribution in [3.05, 3.63) is 24.3 Å². The number of nitrogens with zero attached hydrogens (tertiary/aromatic N) is 3. The topological polar surface area (TPSA) is 64.3 Å². The fourth-order valence-corrected chi connectivity index (χ4v) is 1.80. The molecule has 0 atom stereocenters. The SMILES string of the molecule is Cc1nccc2nc(S(=O)(=O)Cl)cn12. The average molecular weight is 232 g/mol. The van der Waals surface area contributed by atoms with E-state index >= 15 is 0 Å². The second-order valence-corrected chi connectivity index (χ2v) is 5.25.